The standard InChI is InChI=1S/C11H16N2O3/c1-12-11(16)9(7-14)13-6-8-4-2-3-5-10(8)15/h2-5,9,13-15H,6-7H2,1H3,(H,12,16)/t9-/m0/s1. The Kier molecular flexibility index (Phi) is 4.75. The minimum atomic E-state index is -0.662. The largest absolute Gasteiger partial charge is 0.508 e. The lowest BCUT2D eigenvalue weighted by molar-refractivity contribution is -0.123. The van der Waals surface area contributed by atoms with Crippen molar-refractivity contribution < 1.29 is 15.0 Å². The fourth-order valence-corrected chi connectivity index (χ4v) is 1.31. The average Bonchev–Trinajstić information content (AvgIpc) is 2.31. The molecule has 1 atom stereocenters. The van der Waals surface area contributed by atoms with Crippen LogP contribution in [0.15, 0.2) is 24.3 Å². The van der Waals surface area contributed by atoms with Gasteiger partial charge in [-0.25, -0.2) is 0 Å². The summed E-state index contributed by atoms with van der Waals surface area (Å²) in [6.07, 6.45) is 0. The molecule has 0 aliphatic heterocycles. The lowest BCUT2D eigenvalue weighted by Gasteiger charge is -2.14. The van der Waals surface area contributed by atoms with Gasteiger partial charge in [-0.3, -0.25) is 10.1 Å². The van der Waals surface area contributed by atoms with Crippen LogP contribution in [0.4, 0.5) is 0 Å². The Morgan fingerprint density at radius 2 is 2.12 bits per heavy atom. The van der Waals surface area contributed by atoms with Gasteiger partial charge >= 0.3 is 0 Å². The fourth-order valence-electron chi connectivity index (χ4n) is 1.31. The van der Waals surface area contributed by atoms with Crippen molar-refractivity contribution in [3.8, 4) is 5.75 Å². The molecule has 0 aliphatic rings. The summed E-state index contributed by atoms with van der Waals surface area (Å²) in [4.78, 5) is 11.3. The van der Waals surface area contributed by atoms with Gasteiger partial charge in [-0.15, -0.1) is 0 Å². The Morgan fingerprint density at radius 3 is 2.69 bits per heavy atom. The molecule has 0 saturated heterocycles. The molecule has 5 nitrogen and oxygen atoms in total. The fraction of sp³-hybridized carbons (Fsp3) is 0.364. The number of amides is 1. The normalized spacial score (nSPS) is 12.1. The molecule has 5 heteroatoms. The number of aliphatic hydroxyl groups is 1. The zero-order chi connectivity index (χ0) is 12.0. The van der Waals surface area contributed by atoms with E-state index in [0.29, 0.717) is 12.1 Å². The highest BCUT2D eigenvalue weighted by Gasteiger charge is 2.15. The van der Waals surface area contributed by atoms with Crippen molar-refractivity contribution >= 4 is 5.91 Å². The van der Waals surface area contributed by atoms with Gasteiger partial charge in [0.1, 0.15) is 11.8 Å². The summed E-state index contributed by atoms with van der Waals surface area (Å²) in [6.45, 7) is 0.0403. The highest BCUT2D eigenvalue weighted by atomic mass is 16.3. The summed E-state index contributed by atoms with van der Waals surface area (Å²) in [6, 6.07) is 6.18. The number of phenols is 1. The second-order valence-corrected chi connectivity index (χ2v) is 3.36. The van der Waals surface area contributed by atoms with E-state index in [2.05, 4.69) is 10.6 Å². The third kappa shape index (κ3) is 3.22. The molecule has 1 aromatic rings. The zero-order valence-electron chi connectivity index (χ0n) is 9.10. The highest BCUT2D eigenvalue weighted by molar-refractivity contribution is 5.81. The SMILES string of the molecule is CNC(=O)[C@H](CO)NCc1ccccc1O. The second kappa shape index (κ2) is 6.09. The molecule has 4 N–H and O–H groups in total. The Balaban J connectivity index is 2.56. The first-order valence-electron chi connectivity index (χ1n) is 5.01. The monoisotopic (exact) mass is 224 g/mol. The van der Waals surface area contributed by atoms with Gasteiger partial charge in [0.2, 0.25) is 5.91 Å². The van der Waals surface area contributed by atoms with Gasteiger partial charge in [-0.1, -0.05) is 18.2 Å². The van der Waals surface area contributed by atoms with Crippen LogP contribution in [0, 0.1) is 0 Å². The molecule has 0 radical (unpaired) electrons. The van der Waals surface area contributed by atoms with E-state index in [0.717, 1.165) is 0 Å². The number of rotatable bonds is 5. The minimum absolute atomic E-state index is 0.170. The molecule has 0 unspecified atom stereocenters. The Morgan fingerprint density at radius 1 is 1.44 bits per heavy atom. The van der Waals surface area contributed by atoms with Crippen LogP contribution in [-0.4, -0.2) is 35.8 Å². The van der Waals surface area contributed by atoms with E-state index in [9.17, 15) is 9.90 Å². The molecular weight excluding hydrogens is 208 g/mol. The number of para-hydroxylation sites is 1. The molecule has 1 amide bonds. The van der Waals surface area contributed by atoms with Crippen molar-refractivity contribution in [2.75, 3.05) is 13.7 Å². The summed E-state index contributed by atoms with van der Waals surface area (Å²) >= 11 is 0. The van der Waals surface area contributed by atoms with Gasteiger partial charge in [0.15, 0.2) is 0 Å². The van der Waals surface area contributed by atoms with Crippen LogP contribution < -0.4 is 10.6 Å². The summed E-state index contributed by atoms with van der Waals surface area (Å²) in [5.41, 5.74) is 0.685. The van der Waals surface area contributed by atoms with Crippen molar-refractivity contribution in [3.05, 3.63) is 29.8 Å². The predicted octanol–water partition coefficient (Wildman–Crippen LogP) is -0.411. The van der Waals surface area contributed by atoms with E-state index in [1.807, 2.05) is 0 Å². The topological polar surface area (TPSA) is 81.6 Å². The van der Waals surface area contributed by atoms with Crippen LogP contribution in [0.3, 0.4) is 0 Å². The number of hydrogen-bond acceptors (Lipinski definition) is 4. The molecule has 1 rings (SSSR count). The Hall–Kier alpha value is -1.59. The Bertz CT molecular complexity index is 355. The minimum Gasteiger partial charge on any atom is -0.508 e. The van der Waals surface area contributed by atoms with Crippen molar-refractivity contribution in [3.63, 3.8) is 0 Å². The number of carbonyl (C=O) groups is 1. The molecular formula is C11H16N2O3. The van der Waals surface area contributed by atoms with Crippen LogP contribution in [0.5, 0.6) is 5.75 Å². The van der Waals surface area contributed by atoms with Gasteiger partial charge in [0.05, 0.1) is 6.61 Å². The van der Waals surface area contributed by atoms with Gasteiger partial charge in [-0.2, -0.15) is 0 Å². The number of phenolic OH excluding ortho intramolecular Hbond substituents is 1. The molecule has 0 aromatic heterocycles. The molecule has 1 aromatic carbocycles. The number of likely N-dealkylation sites (N-methyl/N-ethyl adjacent to an activating group) is 1. The average molecular weight is 224 g/mol. The van der Waals surface area contributed by atoms with Crippen LogP contribution >= 0.6 is 0 Å². The third-order valence-corrected chi connectivity index (χ3v) is 2.28. The maximum Gasteiger partial charge on any atom is 0.239 e. The smallest absolute Gasteiger partial charge is 0.239 e. The molecule has 0 bridgehead atoms. The molecule has 0 aliphatic carbocycles. The van der Waals surface area contributed by atoms with E-state index in [1.54, 1.807) is 24.3 Å². The predicted molar refractivity (Wildman–Crippen MR) is 59.9 cm³/mol. The van der Waals surface area contributed by atoms with Gasteiger partial charge in [0, 0.05) is 19.2 Å². The summed E-state index contributed by atoms with van der Waals surface area (Å²) < 4.78 is 0. The molecule has 0 heterocycles. The van der Waals surface area contributed by atoms with Crippen LogP contribution in [0.1, 0.15) is 5.56 Å². The van der Waals surface area contributed by atoms with Crippen LogP contribution in [-0.2, 0) is 11.3 Å². The Labute approximate surface area is 94.1 Å². The first kappa shape index (κ1) is 12.5. The van der Waals surface area contributed by atoms with E-state index in [1.165, 1.54) is 7.05 Å². The number of benzene rings is 1. The van der Waals surface area contributed by atoms with Crippen LogP contribution in [0.2, 0.25) is 0 Å². The van der Waals surface area contributed by atoms with Crippen molar-refractivity contribution in [2.45, 2.75) is 12.6 Å². The van der Waals surface area contributed by atoms with E-state index < -0.39 is 6.04 Å². The number of aromatic hydroxyl groups is 1. The van der Waals surface area contributed by atoms with E-state index in [-0.39, 0.29) is 18.3 Å². The molecule has 0 fully saturated rings. The molecule has 0 saturated carbocycles. The maximum atomic E-state index is 11.3. The van der Waals surface area contributed by atoms with Gasteiger partial charge in [0.25, 0.3) is 0 Å². The molecule has 16 heavy (non-hydrogen) atoms. The lowest BCUT2D eigenvalue weighted by atomic mass is 10.2. The summed E-state index contributed by atoms with van der Waals surface area (Å²) in [7, 11) is 1.51. The lowest BCUT2D eigenvalue weighted by Crippen LogP contribution is -2.45. The van der Waals surface area contributed by atoms with Crippen molar-refractivity contribution in [1.29, 1.82) is 0 Å². The number of aliphatic hydroxyl groups excluding tert-OH is 1. The van der Waals surface area contributed by atoms with Crippen molar-refractivity contribution in [2.24, 2.45) is 0 Å². The van der Waals surface area contributed by atoms with Crippen LogP contribution in [0.25, 0.3) is 0 Å². The van der Waals surface area contributed by atoms with E-state index in [4.69, 9.17) is 5.11 Å². The first-order valence-corrected chi connectivity index (χ1v) is 5.01. The highest BCUT2D eigenvalue weighted by Crippen LogP contribution is 2.14. The zero-order valence-corrected chi connectivity index (χ0v) is 9.10. The van der Waals surface area contributed by atoms with E-state index >= 15 is 0 Å². The van der Waals surface area contributed by atoms with Gasteiger partial charge in [-0.05, 0) is 6.07 Å². The maximum absolute atomic E-state index is 11.3. The number of nitrogens with one attached hydrogen (secondary N) is 2. The molecule has 88 valence electrons. The first-order chi connectivity index (χ1) is 7.69. The summed E-state index contributed by atoms with van der Waals surface area (Å²) in [5.74, 6) is -0.110. The second-order valence-electron chi connectivity index (χ2n) is 3.36. The summed E-state index contributed by atoms with van der Waals surface area (Å²) in [5, 5.41) is 23.8. The quantitative estimate of drug-likeness (QED) is 0.548. The van der Waals surface area contributed by atoms with Gasteiger partial charge < -0.3 is 15.5 Å². The van der Waals surface area contributed by atoms with Crippen molar-refractivity contribution in [1.82, 2.24) is 10.6 Å². The molecule has 0 spiro atoms. The third-order valence-electron chi connectivity index (χ3n) is 2.28. The number of hydrogen-bond donors (Lipinski definition) is 4. The number of carbonyl (C=O) groups excluding carboxylic acids is 1.